The van der Waals surface area contributed by atoms with Crippen molar-refractivity contribution in [1.82, 2.24) is 4.90 Å². The number of rotatable bonds is 3. The normalized spacial score (nSPS) is 21.5. The average Bonchev–Trinajstić information content (AvgIpc) is 2.30. The molecule has 1 aliphatic heterocycles. The first kappa shape index (κ1) is 12.3. The zero-order valence-electron chi connectivity index (χ0n) is 10.3. The smallest absolute Gasteiger partial charge is 0.126 e. The molecule has 0 amide bonds. The number of hydrogen-bond donors (Lipinski definition) is 0. The van der Waals surface area contributed by atoms with Crippen molar-refractivity contribution in [3.8, 4) is 5.75 Å². The van der Waals surface area contributed by atoms with E-state index in [1.165, 1.54) is 12.1 Å². The number of halogens is 1. The summed E-state index contributed by atoms with van der Waals surface area (Å²) in [5, 5.41) is 0. The summed E-state index contributed by atoms with van der Waals surface area (Å²) in [7, 11) is 2.06. The van der Waals surface area contributed by atoms with E-state index in [4.69, 9.17) is 9.47 Å². The van der Waals surface area contributed by atoms with E-state index in [1.54, 1.807) is 6.07 Å². The van der Waals surface area contributed by atoms with E-state index in [-0.39, 0.29) is 11.9 Å². The van der Waals surface area contributed by atoms with Gasteiger partial charge in [0.15, 0.2) is 0 Å². The van der Waals surface area contributed by atoms with Crippen molar-refractivity contribution in [3.63, 3.8) is 0 Å². The van der Waals surface area contributed by atoms with Crippen molar-refractivity contribution < 1.29 is 13.9 Å². The second-order valence-electron chi connectivity index (χ2n) is 4.48. The van der Waals surface area contributed by atoms with Crippen molar-refractivity contribution in [2.45, 2.75) is 13.0 Å². The van der Waals surface area contributed by atoms with Gasteiger partial charge in [-0.2, -0.15) is 0 Å². The van der Waals surface area contributed by atoms with E-state index in [9.17, 15) is 4.39 Å². The molecule has 1 aromatic carbocycles. The fourth-order valence-electron chi connectivity index (χ4n) is 1.88. The minimum atomic E-state index is -0.271. The first-order valence-corrected chi connectivity index (χ1v) is 5.84. The van der Waals surface area contributed by atoms with E-state index < -0.39 is 0 Å². The Morgan fingerprint density at radius 2 is 2.35 bits per heavy atom. The molecule has 1 atom stereocenters. The third kappa shape index (κ3) is 3.41. The Balaban J connectivity index is 1.90. The average molecular weight is 239 g/mol. The van der Waals surface area contributed by atoms with E-state index in [0.29, 0.717) is 12.4 Å². The van der Waals surface area contributed by atoms with Gasteiger partial charge in [-0.25, -0.2) is 4.39 Å². The maximum atomic E-state index is 13.1. The lowest BCUT2D eigenvalue weighted by atomic mass is 10.2. The molecule has 1 aliphatic rings. The van der Waals surface area contributed by atoms with E-state index in [0.717, 1.165) is 25.3 Å². The van der Waals surface area contributed by atoms with Gasteiger partial charge in [-0.15, -0.1) is 0 Å². The first-order valence-electron chi connectivity index (χ1n) is 5.84. The molecule has 17 heavy (non-hydrogen) atoms. The van der Waals surface area contributed by atoms with Crippen molar-refractivity contribution in [1.29, 1.82) is 0 Å². The van der Waals surface area contributed by atoms with Gasteiger partial charge in [0.25, 0.3) is 0 Å². The van der Waals surface area contributed by atoms with Gasteiger partial charge in [0.2, 0.25) is 0 Å². The van der Waals surface area contributed by atoms with Crippen LogP contribution in [0.1, 0.15) is 5.56 Å². The van der Waals surface area contributed by atoms with E-state index >= 15 is 0 Å². The molecule has 0 N–H and O–H groups in total. The largest absolute Gasteiger partial charge is 0.490 e. The summed E-state index contributed by atoms with van der Waals surface area (Å²) >= 11 is 0. The Kier molecular flexibility index (Phi) is 3.97. The van der Waals surface area contributed by atoms with Gasteiger partial charge in [0.05, 0.1) is 6.61 Å². The van der Waals surface area contributed by atoms with Crippen molar-refractivity contribution in [3.05, 3.63) is 29.6 Å². The van der Waals surface area contributed by atoms with Crippen LogP contribution >= 0.6 is 0 Å². The summed E-state index contributed by atoms with van der Waals surface area (Å²) in [6, 6.07) is 4.58. The predicted octanol–water partition coefficient (Wildman–Crippen LogP) is 1.84. The molecular weight excluding hydrogens is 221 g/mol. The topological polar surface area (TPSA) is 21.7 Å². The lowest BCUT2D eigenvalue weighted by molar-refractivity contribution is -0.0404. The summed E-state index contributed by atoms with van der Waals surface area (Å²) in [5.41, 5.74) is 0.940. The van der Waals surface area contributed by atoms with Gasteiger partial charge in [-0.1, -0.05) is 6.07 Å². The molecule has 1 unspecified atom stereocenters. The lowest BCUT2D eigenvalue weighted by Crippen LogP contribution is -2.42. The van der Waals surface area contributed by atoms with Gasteiger partial charge in [0.1, 0.15) is 24.3 Å². The maximum absolute atomic E-state index is 13.1. The highest BCUT2D eigenvalue weighted by atomic mass is 19.1. The highest BCUT2D eigenvalue weighted by molar-refractivity contribution is 5.32. The van der Waals surface area contributed by atoms with Crippen LogP contribution < -0.4 is 4.74 Å². The summed E-state index contributed by atoms with van der Waals surface area (Å²) in [4.78, 5) is 2.20. The van der Waals surface area contributed by atoms with Crippen molar-refractivity contribution in [2.75, 3.05) is 33.4 Å². The summed E-state index contributed by atoms with van der Waals surface area (Å²) in [5.74, 6) is 0.328. The van der Waals surface area contributed by atoms with E-state index in [2.05, 4.69) is 11.9 Å². The molecular formula is C13H18FNO2. The van der Waals surface area contributed by atoms with Crippen LogP contribution in [0.4, 0.5) is 4.39 Å². The van der Waals surface area contributed by atoms with Crippen LogP contribution in [0.25, 0.3) is 0 Å². The molecule has 0 aliphatic carbocycles. The van der Waals surface area contributed by atoms with Crippen molar-refractivity contribution in [2.24, 2.45) is 0 Å². The third-order valence-electron chi connectivity index (χ3n) is 2.92. The molecule has 1 heterocycles. The van der Waals surface area contributed by atoms with Gasteiger partial charge in [0, 0.05) is 19.2 Å². The van der Waals surface area contributed by atoms with E-state index in [1.807, 2.05) is 6.92 Å². The first-order chi connectivity index (χ1) is 8.15. The Bertz CT molecular complexity index is 384. The second kappa shape index (κ2) is 5.47. The van der Waals surface area contributed by atoms with Gasteiger partial charge < -0.3 is 14.4 Å². The van der Waals surface area contributed by atoms with Crippen LogP contribution in [0.3, 0.4) is 0 Å². The highest BCUT2D eigenvalue weighted by Crippen LogP contribution is 2.19. The Labute approximate surface area is 101 Å². The van der Waals surface area contributed by atoms with Gasteiger partial charge >= 0.3 is 0 Å². The number of hydrogen-bond acceptors (Lipinski definition) is 3. The number of aryl methyl sites for hydroxylation is 1. The minimum absolute atomic E-state index is 0.0661. The standard InChI is InChI=1S/C13H18FNO2/c1-10-3-4-11(14)7-13(10)17-9-12-8-15(2)5-6-16-12/h3-4,7,12H,5-6,8-9H2,1-2H3. The Hall–Kier alpha value is -1.13. The summed E-state index contributed by atoms with van der Waals surface area (Å²) in [6.07, 6.45) is 0.0661. The number of ether oxygens (including phenoxy) is 2. The Morgan fingerprint density at radius 3 is 3.12 bits per heavy atom. The zero-order valence-corrected chi connectivity index (χ0v) is 10.3. The maximum Gasteiger partial charge on any atom is 0.126 e. The molecule has 0 aromatic heterocycles. The quantitative estimate of drug-likeness (QED) is 0.803. The fraction of sp³-hybridized carbons (Fsp3) is 0.538. The number of benzene rings is 1. The molecule has 1 fully saturated rings. The molecule has 0 saturated carbocycles. The van der Waals surface area contributed by atoms with Crippen LogP contribution in [-0.2, 0) is 4.74 Å². The predicted molar refractivity (Wildman–Crippen MR) is 63.9 cm³/mol. The summed E-state index contributed by atoms with van der Waals surface area (Å²) in [6.45, 7) is 4.91. The molecule has 94 valence electrons. The SMILES string of the molecule is Cc1ccc(F)cc1OCC1CN(C)CCO1. The van der Waals surface area contributed by atoms with Crippen LogP contribution in [0.15, 0.2) is 18.2 Å². The minimum Gasteiger partial charge on any atom is -0.490 e. The van der Waals surface area contributed by atoms with Gasteiger partial charge in [-0.3, -0.25) is 0 Å². The third-order valence-corrected chi connectivity index (χ3v) is 2.92. The molecule has 2 rings (SSSR count). The van der Waals surface area contributed by atoms with Crippen LogP contribution in [0.2, 0.25) is 0 Å². The molecule has 3 nitrogen and oxygen atoms in total. The fourth-order valence-corrected chi connectivity index (χ4v) is 1.88. The number of likely N-dealkylation sites (N-methyl/N-ethyl adjacent to an activating group) is 1. The molecule has 0 radical (unpaired) electrons. The lowest BCUT2D eigenvalue weighted by Gasteiger charge is -2.30. The zero-order chi connectivity index (χ0) is 12.3. The Morgan fingerprint density at radius 1 is 1.53 bits per heavy atom. The highest BCUT2D eigenvalue weighted by Gasteiger charge is 2.18. The van der Waals surface area contributed by atoms with Crippen LogP contribution in [0, 0.1) is 12.7 Å². The molecule has 4 heteroatoms. The molecule has 1 aromatic rings. The van der Waals surface area contributed by atoms with Gasteiger partial charge in [-0.05, 0) is 25.6 Å². The van der Waals surface area contributed by atoms with Crippen LogP contribution in [0.5, 0.6) is 5.75 Å². The number of morpholine rings is 1. The van der Waals surface area contributed by atoms with Crippen LogP contribution in [-0.4, -0.2) is 44.4 Å². The second-order valence-corrected chi connectivity index (χ2v) is 4.48. The molecule has 0 bridgehead atoms. The molecule has 1 saturated heterocycles. The van der Waals surface area contributed by atoms with Crippen molar-refractivity contribution >= 4 is 0 Å². The molecule has 0 spiro atoms. The number of nitrogens with zero attached hydrogens (tertiary/aromatic N) is 1. The summed E-state index contributed by atoms with van der Waals surface area (Å²) < 4.78 is 24.2. The monoisotopic (exact) mass is 239 g/mol.